The molecule has 7 nitrogen and oxygen atoms in total. The van der Waals surface area contributed by atoms with Crippen LogP contribution in [0.1, 0.15) is 43.1 Å². The molecule has 2 unspecified atom stereocenters. The number of likely N-dealkylation sites (N-methyl/N-ethyl adjacent to an activating group) is 1. The van der Waals surface area contributed by atoms with Gasteiger partial charge in [0.05, 0.1) is 33.4 Å². The third-order valence-electron chi connectivity index (χ3n) is 7.15. The number of carbonyl (C=O) groups excluding carboxylic acids is 1. The van der Waals surface area contributed by atoms with Crippen molar-refractivity contribution < 1.29 is 23.5 Å². The predicted molar refractivity (Wildman–Crippen MR) is 145 cm³/mol. The first-order valence-corrected chi connectivity index (χ1v) is 13.0. The molecule has 1 aliphatic rings. The van der Waals surface area contributed by atoms with E-state index in [4.69, 9.17) is 14.2 Å². The molecule has 1 aliphatic heterocycles. The van der Waals surface area contributed by atoms with Crippen molar-refractivity contribution in [1.82, 2.24) is 4.98 Å². The number of esters is 1. The van der Waals surface area contributed by atoms with Crippen LogP contribution in [0.2, 0.25) is 0 Å². The van der Waals surface area contributed by atoms with E-state index in [-0.39, 0.29) is 12.1 Å². The normalized spacial score (nSPS) is 16.9. The highest BCUT2D eigenvalue weighted by Gasteiger charge is 2.38. The first-order valence-electron chi connectivity index (χ1n) is 13.0. The maximum atomic E-state index is 12.7. The fourth-order valence-corrected chi connectivity index (χ4v) is 4.93. The van der Waals surface area contributed by atoms with Gasteiger partial charge in [0.2, 0.25) is 0 Å². The molecule has 0 N–H and O–H groups in total. The second-order valence-electron chi connectivity index (χ2n) is 10.1. The van der Waals surface area contributed by atoms with Crippen LogP contribution in [0.3, 0.4) is 0 Å². The molecule has 2 heterocycles. The van der Waals surface area contributed by atoms with Crippen LogP contribution in [0.25, 0.3) is 0 Å². The van der Waals surface area contributed by atoms with E-state index in [1.165, 1.54) is 5.56 Å². The highest BCUT2D eigenvalue weighted by atomic mass is 16.5. The summed E-state index contributed by atoms with van der Waals surface area (Å²) in [4.78, 5) is 19.5. The Labute approximate surface area is 220 Å². The van der Waals surface area contributed by atoms with E-state index in [0.29, 0.717) is 17.4 Å². The molecule has 0 amide bonds. The lowest BCUT2D eigenvalue weighted by molar-refractivity contribution is -0.942. The Bertz CT molecular complexity index is 1200. The molecule has 2 atom stereocenters. The maximum absolute atomic E-state index is 12.7. The molecule has 0 aliphatic carbocycles. The molecule has 0 saturated carbocycles. The van der Waals surface area contributed by atoms with Crippen molar-refractivity contribution >= 4 is 11.8 Å². The van der Waals surface area contributed by atoms with Crippen molar-refractivity contribution in [3.63, 3.8) is 0 Å². The van der Waals surface area contributed by atoms with Crippen molar-refractivity contribution in [2.45, 2.75) is 45.9 Å². The fraction of sp³-hybridized carbons (Fsp3) is 0.400. The van der Waals surface area contributed by atoms with Gasteiger partial charge < -0.3 is 23.6 Å². The van der Waals surface area contributed by atoms with Crippen LogP contribution in [-0.4, -0.2) is 61.4 Å². The van der Waals surface area contributed by atoms with Crippen molar-refractivity contribution in [1.29, 1.82) is 0 Å². The molecule has 3 aromatic rings. The minimum atomic E-state index is -0.317. The number of methoxy groups -OCH3 is 1. The number of rotatable bonds is 10. The molecule has 0 radical (unpaired) electrons. The van der Waals surface area contributed by atoms with Crippen molar-refractivity contribution in [2.24, 2.45) is 0 Å². The fourth-order valence-electron chi connectivity index (χ4n) is 4.93. The number of aromatic nitrogens is 1. The van der Waals surface area contributed by atoms with Crippen molar-refractivity contribution in [3.8, 4) is 17.2 Å². The number of hydrogen-bond acceptors (Lipinski definition) is 6. The Morgan fingerprint density at radius 2 is 1.84 bits per heavy atom. The third-order valence-corrected chi connectivity index (χ3v) is 7.15. The first kappa shape index (κ1) is 26.5. The number of hydrogen-bond donors (Lipinski definition) is 0. The Morgan fingerprint density at radius 1 is 1.08 bits per heavy atom. The molecule has 1 saturated heterocycles. The Morgan fingerprint density at radius 3 is 2.54 bits per heavy atom. The van der Waals surface area contributed by atoms with Crippen LogP contribution in [0, 0.1) is 0 Å². The maximum Gasteiger partial charge on any atom is 0.342 e. The third kappa shape index (κ3) is 6.41. The zero-order valence-electron chi connectivity index (χ0n) is 22.5. The summed E-state index contributed by atoms with van der Waals surface area (Å²) in [5.74, 6) is 2.80. The summed E-state index contributed by atoms with van der Waals surface area (Å²) >= 11 is 0. The van der Waals surface area contributed by atoms with Gasteiger partial charge in [-0.1, -0.05) is 12.1 Å². The summed E-state index contributed by atoms with van der Waals surface area (Å²) in [6.45, 7) is 9.55. The average Bonchev–Trinajstić information content (AvgIpc) is 3.40. The van der Waals surface area contributed by atoms with Gasteiger partial charge in [-0.05, 0) is 69.3 Å². The lowest BCUT2D eigenvalue weighted by Gasteiger charge is -2.39. The predicted octanol–water partition coefficient (Wildman–Crippen LogP) is 5.69. The number of pyridine rings is 1. The van der Waals surface area contributed by atoms with E-state index in [2.05, 4.69) is 42.1 Å². The summed E-state index contributed by atoms with van der Waals surface area (Å²) < 4.78 is 17.7. The summed E-state index contributed by atoms with van der Waals surface area (Å²) in [5.41, 5.74) is 1.76. The molecule has 196 valence electrons. The highest BCUT2D eigenvalue weighted by molar-refractivity contribution is 5.94. The van der Waals surface area contributed by atoms with Crippen LogP contribution in [-0.2, 0) is 11.3 Å². The number of nitrogens with zero attached hydrogens (tertiary/aromatic N) is 3. The average molecular weight is 505 g/mol. The summed E-state index contributed by atoms with van der Waals surface area (Å²) in [6, 6.07) is 19.9. The summed E-state index contributed by atoms with van der Waals surface area (Å²) in [5, 5.41) is 0. The van der Waals surface area contributed by atoms with Crippen LogP contribution in [0.15, 0.2) is 66.9 Å². The molecule has 4 rings (SSSR count). The van der Waals surface area contributed by atoms with Gasteiger partial charge in [-0.2, -0.15) is 0 Å². The molecular formula is C30H38N3O4+. The van der Waals surface area contributed by atoms with Gasteiger partial charge in [-0.25, -0.2) is 9.78 Å². The van der Waals surface area contributed by atoms with Gasteiger partial charge in [-0.15, -0.1) is 0 Å². The molecule has 1 aromatic heterocycles. The van der Waals surface area contributed by atoms with Crippen LogP contribution in [0.5, 0.6) is 17.2 Å². The monoisotopic (exact) mass is 504 g/mol. The van der Waals surface area contributed by atoms with Crippen LogP contribution in [0.4, 0.5) is 5.82 Å². The molecule has 1 fully saturated rings. The molecule has 0 bridgehead atoms. The minimum absolute atomic E-state index is 0.170. The minimum Gasteiger partial charge on any atom is -0.497 e. The number of ether oxygens (including phenoxy) is 3. The molecule has 37 heavy (non-hydrogen) atoms. The second kappa shape index (κ2) is 11.6. The zero-order valence-corrected chi connectivity index (χ0v) is 22.5. The Balaban J connectivity index is 1.46. The van der Waals surface area contributed by atoms with Gasteiger partial charge in [0.1, 0.15) is 41.2 Å². The lowest BCUT2D eigenvalue weighted by atomic mass is 10.1. The van der Waals surface area contributed by atoms with E-state index in [0.717, 1.165) is 54.3 Å². The standard InChI is InChI=1S/C30H38N3O4/c1-6-33(4,21-23-9-7-10-27(19-23)37-26-14-12-25(35-5)13-15-26)24-16-18-32(20-24)29-28(11-8-17-31-29)30(34)36-22(2)3/h7-15,17,19,22,24H,6,16,18,20-21H2,1-5H3/q+1. The smallest absolute Gasteiger partial charge is 0.342 e. The zero-order chi connectivity index (χ0) is 26.4. The van der Waals surface area contributed by atoms with Gasteiger partial charge in [-0.3, -0.25) is 0 Å². The highest BCUT2D eigenvalue weighted by Crippen LogP contribution is 2.31. The van der Waals surface area contributed by atoms with Gasteiger partial charge in [0, 0.05) is 24.7 Å². The second-order valence-corrected chi connectivity index (χ2v) is 10.1. The number of anilines is 1. The van der Waals surface area contributed by atoms with Gasteiger partial charge >= 0.3 is 5.97 Å². The first-order chi connectivity index (χ1) is 17.8. The Kier molecular flexibility index (Phi) is 8.34. The van der Waals surface area contributed by atoms with E-state index in [1.807, 2.05) is 50.2 Å². The topological polar surface area (TPSA) is 60.9 Å². The van der Waals surface area contributed by atoms with Crippen LogP contribution < -0.4 is 14.4 Å². The van der Waals surface area contributed by atoms with E-state index < -0.39 is 0 Å². The van der Waals surface area contributed by atoms with Crippen molar-refractivity contribution in [3.05, 3.63) is 78.0 Å². The van der Waals surface area contributed by atoms with Crippen LogP contribution >= 0.6 is 0 Å². The van der Waals surface area contributed by atoms with Crippen molar-refractivity contribution in [2.75, 3.05) is 38.7 Å². The molecule has 0 spiro atoms. The number of carbonyl (C=O) groups is 1. The SMILES string of the molecule is CC[N+](C)(Cc1cccc(Oc2ccc(OC)cc2)c1)C1CCN(c2ncccc2C(=O)OC(C)C)C1. The van der Waals surface area contributed by atoms with E-state index >= 15 is 0 Å². The molecule has 7 heteroatoms. The van der Waals surface area contributed by atoms with E-state index in [9.17, 15) is 4.79 Å². The Hall–Kier alpha value is -3.58. The lowest BCUT2D eigenvalue weighted by Crippen LogP contribution is -2.52. The largest absolute Gasteiger partial charge is 0.497 e. The summed E-state index contributed by atoms with van der Waals surface area (Å²) in [6.07, 6.45) is 2.61. The summed E-state index contributed by atoms with van der Waals surface area (Å²) in [7, 11) is 3.97. The van der Waals surface area contributed by atoms with Gasteiger partial charge in [0.15, 0.2) is 0 Å². The number of benzene rings is 2. The van der Waals surface area contributed by atoms with Gasteiger partial charge in [0.25, 0.3) is 0 Å². The van der Waals surface area contributed by atoms with E-state index in [1.54, 1.807) is 19.4 Å². The number of quaternary nitrogens is 1. The molecule has 2 aromatic carbocycles. The molecular weight excluding hydrogens is 466 g/mol. The quantitative estimate of drug-likeness (QED) is 0.261.